The zero-order valence-corrected chi connectivity index (χ0v) is 11.2. The Morgan fingerprint density at radius 1 is 1.58 bits per heavy atom. The first kappa shape index (κ1) is 13.6. The van der Waals surface area contributed by atoms with Crippen LogP contribution in [0.3, 0.4) is 0 Å². The van der Waals surface area contributed by atoms with E-state index in [1.54, 1.807) is 6.08 Å². The third-order valence-corrected chi connectivity index (χ3v) is 3.22. The monoisotopic (exact) mass is 260 g/mol. The first-order valence-electron chi connectivity index (χ1n) is 6.58. The summed E-state index contributed by atoms with van der Waals surface area (Å²) >= 11 is 0. The number of ether oxygens (including phenoxy) is 1. The summed E-state index contributed by atoms with van der Waals surface area (Å²) in [4.78, 5) is 11.8. The minimum atomic E-state index is -0.240. The Bertz CT molecular complexity index is 459. The Morgan fingerprint density at radius 3 is 3.16 bits per heavy atom. The van der Waals surface area contributed by atoms with Crippen LogP contribution in [-0.2, 0) is 4.79 Å². The van der Waals surface area contributed by atoms with Crippen LogP contribution in [0.2, 0.25) is 0 Å². The Kier molecular flexibility index (Phi) is 4.58. The van der Waals surface area contributed by atoms with Crippen LogP contribution in [0.25, 0.3) is 0 Å². The van der Waals surface area contributed by atoms with E-state index in [1.807, 2.05) is 31.2 Å². The van der Waals surface area contributed by atoms with Gasteiger partial charge in [0.1, 0.15) is 5.75 Å². The average Bonchev–Trinajstić information content (AvgIpc) is 2.45. The van der Waals surface area contributed by atoms with Crippen LogP contribution in [-0.4, -0.2) is 25.1 Å². The fourth-order valence-corrected chi connectivity index (χ4v) is 2.22. The van der Waals surface area contributed by atoms with E-state index in [-0.39, 0.29) is 18.0 Å². The van der Waals surface area contributed by atoms with Crippen LogP contribution in [0.4, 0.5) is 0 Å². The minimum absolute atomic E-state index is 0.0103. The zero-order valence-electron chi connectivity index (χ0n) is 11.2. The molecule has 0 saturated carbocycles. The molecule has 1 aromatic rings. The summed E-state index contributed by atoms with van der Waals surface area (Å²) in [5, 5.41) is 6.15. The second-order valence-electron chi connectivity index (χ2n) is 4.65. The van der Waals surface area contributed by atoms with E-state index in [4.69, 9.17) is 4.74 Å². The van der Waals surface area contributed by atoms with Crippen molar-refractivity contribution >= 4 is 5.91 Å². The molecular weight excluding hydrogens is 240 g/mol. The van der Waals surface area contributed by atoms with E-state index in [2.05, 4.69) is 17.2 Å². The molecule has 1 aromatic carbocycles. The van der Waals surface area contributed by atoms with Gasteiger partial charge in [-0.2, -0.15) is 0 Å². The summed E-state index contributed by atoms with van der Waals surface area (Å²) in [5.74, 6) is 0.897. The fourth-order valence-electron chi connectivity index (χ4n) is 2.22. The number of carbonyl (C=O) groups excluding carboxylic acids is 1. The second-order valence-corrected chi connectivity index (χ2v) is 4.65. The quantitative estimate of drug-likeness (QED) is 0.794. The van der Waals surface area contributed by atoms with Crippen molar-refractivity contribution in [2.45, 2.75) is 25.4 Å². The van der Waals surface area contributed by atoms with Crippen molar-refractivity contribution in [2.75, 3.05) is 13.2 Å². The lowest BCUT2D eigenvalue weighted by atomic mass is 10.00. The summed E-state index contributed by atoms with van der Waals surface area (Å²) in [5.41, 5.74) is 1.12. The molecule has 1 aliphatic rings. The molecule has 1 aliphatic heterocycles. The second kappa shape index (κ2) is 6.38. The fraction of sp³-hybridized carbons (Fsp3) is 0.400. The van der Waals surface area contributed by atoms with E-state index >= 15 is 0 Å². The topological polar surface area (TPSA) is 50.4 Å². The zero-order chi connectivity index (χ0) is 13.7. The molecule has 2 rings (SSSR count). The van der Waals surface area contributed by atoms with Crippen molar-refractivity contribution in [1.29, 1.82) is 0 Å². The van der Waals surface area contributed by atoms with E-state index < -0.39 is 0 Å². The maximum Gasteiger partial charge on any atom is 0.237 e. The molecule has 4 heteroatoms. The number of para-hydroxylation sites is 1. The van der Waals surface area contributed by atoms with E-state index in [1.165, 1.54) is 0 Å². The van der Waals surface area contributed by atoms with Crippen molar-refractivity contribution in [2.24, 2.45) is 0 Å². The van der Waals surface area contributed by atoms with Gasteiger partial charge in [0.15, 0.2) is 0 Å². The molecule has 0 aliphatic carbocycles. The summed E-state index contributed by atoms with van der Waals surface area (Å²) in [6.07, 6.45) is 2.55. The van der Waals surface area contributed by atoms with Gasteiger partial charge in [-0.05, 0) is 13.0 Å². The molecule has 1 amide bonds. The van der Waals surface area contributed by atoms with Gasteiger partial charge < -0.3 is 10.1 Å². The van der Waals surface area contributed by atoms with E-state index in [0.29, 0.717) is 13.2 Å². The Balaban J connectivity index is 2.00. The van der Waals surface area contributed by atoms with Crippen LogP contribution in [0.5, 0.6) is 5.75 Å². The molecule has 0 saturated heterocycles. The van der Waals surface area contributed by atoms with Crippen molar-refractivity contribution in [3.05, 3.63) is 42.5 Å². The van der Waals surface area contributed by atoms with Crippen LogP contribution >= 0.6 is 0 Å². The minimum Gasteiger partial charge on any atom is -0.493 e. The lowest BCUT2D eigenvalue weighted by molar-refractivity contribution is -0.122. The van der Waals surface area contributed by atoms with Crippen molar-refractivity contribution in [3.8, 4) is 5.75 Å². The van der Waals surface area contributed by atoms with Crippen molar-refractivity contribution in [3.63, 3.8) is 0 Å². The van der Waals surface area contributed by atoms with Gasteiger partial charge in [0.05, 0.1) is 12.6 Å². The number of benzene rings is 1. The first-order valence-corrected chi connectivity index (χ1v) is 6.58. The van der Waals surface area contributed by atoms with Crippen LogP contribution in [0.15, 0.2) is 36.9 Å². The summed E-state index contributed by atoms with van der Waals surface area (Å²) in [6, 6.07) is 7.88. The van der Waals surface area contributed by atoms with Crippen LogP contribution in [0, 0.1) is 0 Å². The molecule has 0 aromatic heterocycles. The van der Waals surface area contributed by atoms with Crippen molar-refractivity contribution < 1.29 is 9.53 Å². The lowest BCUT2D eigenvalue weighted by Crippen LogP contribution is -2.44. The molecule has 0 bridgehead atoms. The molecule has 2 atom stereocenters. The highest BCUT2D eigenvalue weighted by atomic mass is 16.5. The highest BCUT2D eigenvalue weighted by Crippen LogP contribution is 2.31. The number of carbonyl (C=O) groups is 1. The van der Waals surface area contributed by atoms with Gasteiger partial charge in [0.2, 0.25) is 5.91 Å². The number of nitrogens with one attached hydrogen (secondary N) is 2. The number of hydrogen-bond donors (Lipinski definition) is 2. The molecule has 4 nitrogen and oxygen atoms in total. The van der Waals surface area contributed by atoms with Gasteiger partial charge in [0, 0.05) is 24.6 Å². The van der Waals surface area contributed by atoms with E-state index in [9.17, 15) is 4.79 Å². The molecule has 0 radical (unpaired) electrons. The van der Waals surface area contributed by atoms with Gasteiger partial charge in [-0.3, -0.25) is 10.1 Å². The largest absolute Gasteiger partial charge is 0.493 e. The number of amides is 1. The van der Waals surface area contributed by atoms with Gasteiger partial charge in [-0.1, -0.05) is 24.3 Å². The molecule has 0 fully saturated rings. The summed E-state index contributed by atoms with van der Waals surface area (Å²) in [7, 11) is 0. The first-order chi connectivity index (χ1) is 9.22. The molecule has 102 valence electrons. The lowest BCUT2D eigenvalue weighted by Gasteiger charge is -2.28. The Labute approximate surface area is 113 Å². The van der Waals surface area contributed by atoms with Crippen LogP contribution < -0.4 is 15.4 Å². The molecule has 1 heterocycles. The Hall–Kier alpha value is -1.81. The predicted molar refractivity (Wildman–Crippen MR) is 75.1 cm³/mol. The third-order valence-electron chi connectivity index (χ3n) is 3.22. The Morgan fingerprint density at radius 2 is 2.37 bits per heavy atom. The smallest absolute Gasteiger partial charge is 0.237 e. The SMILES string of the molecule is C=CCNC(=O)C(C)NC1CCOc2ccccc21. The van der Waals surface area contributed by atoms with Gasteiger partial charge in [0.25, 0.3) is 0 Å². The highest BCUT2D eigenvalue weighted by Gasteiger charge is 2.24. The molecule has 19 heavy (non-hydrogen) atoms. The normalized spacial score (nSPS) is 18.9. The summed E-state index contributed by atoms with van der Waals surface area (Å²) in [6.45, 7) is 6.63. The van der Waals surface area contributed by atoms with Gasteiger partial charge in [-0.25, -0.2) is 0 Å². The van der Waals surface area contributed by atoms with Crippen molar-refractivity contribution in [1.82, 2.24) is 10.6 Å². The third kappa shape index (κ3) is 3.35. The maximum absolute atomic E-state index is 11.8. The molecule has 2 N–H and O–H groups in total. The maximum atomic E-state index is 11.8. The molecular formula is C15H20N2O2. The molecule has 0 spiro atoms. The number of hydrogen-bond acceptors (Lipinski definition) is 3. The predicted octanol–water partition coefficient (Wildman–Crippen LogP) is 1.79. The van der Waals surface area contributed by atoms with Crippen LogP contribution in [0.1, 0.15) is 24.9 Å². The average molecular weight is 260 g/mol. The van der Waals surface area contributed by atoms with E-state index in [0.717, 1.165) is 17.7 Å². The molecule has 2 unspecified atom stereocenters. The number of fused-ring (bicyclic) bond motifs is 1. The van der Waals surface area contributed by atoms with Gasteiger partial charge >= 0.3 is 0 Å². The standard InChI is InChI=1S/C15H20N2O2/c1-3-9-16-15(18)11(2)17-13-8-10-19-14-7-5-4-6-12(13)14/h3-7,11,13,17H,1,8-10H2,2H3,(H,16,18). The highest BCUT2D eigenvalue weighted by molar-refractivity contribution is 5.81. The number of rotatable bonds is 5. The van der Waals surface area contributed by atoms with Gasteiger partial charge in [-0.15, -0.1) is 6.58 Å². The summed E-state index contributed by atoms with van der Waals surface area (Å²) < 4.78 is 5.61.